The molecule has 132 valence electrons. The van der Waals surface area contributed by atoms with Crippen LogP contribution < -0.4 is 0 Å². The van der Waals surface area contributed by atoms with E-state index in [1.54, 1.807) is 24.9 Å². The van der Waals surface area contributed by atoms with Gasteiger partial charge in [-0.1, -0.05) is 0 Å². The van der Waals surface area contributed by atoms with Gasteiger partial charge in [-0.15, -0.1) is 0 Å². The third kappa shape index (κ3) is 3.33. The standard InChI is InChI=1S/C19H20N6O/c1-14-9-21-11-17(23-14)16-3-2-7-24(12-16)19(26)15-4-5-18(22-10-15)25-8-6-20-13-25/h4-6,8-11,13,16H,2-3,7,12H2,1H3. The minimum absolute atomic E-state index is 0.0139. The van der Waals surface area contributed by atoms with Gasteiger partial charge >= 0.3 is 0 Å². The molecule has 0 aliphatic carbocycles. The fourth-order valence-corrected chi connectivity index (χ4v) is 3.33. The molecule has 1 amide bonds. The molecule has 1 saturated heterocycles. The van der Waals surface area contributed by atoms with E-state index in [0.29, 0.717) is 12.1 Å². The van der Waals surface area contributed by atoms with Gasteiger partial charge in [-0.2, -0.15) is 0 Å². The van der Waals surface area contributed by atoms with Crippen LogP contribution in [0.5, 0.6) is 0 Å². The Morgan fingerprint density at radius 3 is 2.85 bits per heavy atom. The molecule has 4 heterocycles. The number of aromatic nitrogens is 5. The number of hydrogen-bond acceptors (Lipinski definition) is 5. The van der Waals surface area contributed by atoms with Gasteiger partial charge in [-0.05, 0) is 31.9 Å². The van der Waals surface area contributed by atoms with Crippen LogP contribution in [0.1, 0.15) is 40.5 Å². The summed E-state index contributed by atoms with van der Waals surface area (Å²) in [6.07, 6.45) is 12.4. The Morgan fingerprint density at radius 2 is 2.12 bits per heavy atom. The van der Waals surface area contributed by atoms with Crippen LogP contribution >= 0.6 is 0 Å². The first-order chi connectivity index (χ1) is 12.7. The van der Waals surface area contributed by atoms with Crippen molar-refractivity contribution in [2.45, 2.75) is 25.7 Å². The second kappa shape index (κ2) is 7.03. The minimum atomic E-state index is 0.0139. The first kappa shape index (κ1) is 16.4. The monoisotopic (exact) mass is 348 g/mol. The van der Waals surface area contributed by atoms with Gasteiger partial charge in [0.2, 0.25) is 0 Å². The van der Waals surface area contributed by atoms with Crippen molar-refractivity contribution in [1.82, 2.24) is 29.4 Å². The predicted octanol–water partition coefficient (Wildman–Crippen LogP) is 2.39. The molecule has 1 unspecified atom stereocenters. The molecule has 1 fully saturated rings. The number of likely N-dealkylation sites (tertiary alicyclic amines) is 1. The summed E-state index contributed by atoms with van der Waals surface area (Å²) >= 11 is 0. The highest BCUT2D eigenvalue weighted by Gasteiger charge is 2.26. The zero-order chi connectivity index (χ0) is 17.9. The molecule has 1 aliphatic heterocycles. The fourth-order valence-electron chi connectivity index (χ4n) is 3.33. The van der Waals surface area contributed by atoms with E-state index in [1.165, 1.54) is 0 Å². The van der Waals surface area contributed by atoms with Gasteiger partial charge in [0.15, 0.2) is 0 Å². The summed E-state index contributed by atoms with van der Waals surface area (Å²) < 4.78 is 1.81. The number of imidazole rings is 1. The number of hydrogen-bond donors (Lipinski definition) is 0. The summed E-state index contributed by atoms with van der Waals surface area (Å²) in [4.78, 5) is 32.0. The number of aryl methyl sites for hydroxylation is 1. The van der Waals surface area contributed by atoms with E-state index in [9.17, 15) is 4.79 Å². The predicted molar refractivity (Wildman–Crippen MR) is 96.0 cm³/mol. The van der Waals surface area contributed by atoms with E-state index < -0.39 is 0 Å². The van der Waals surface area contributed by atoms with Gasteiger partial charge in [-0.3, -0.25) is 19.3 Å². The Bertz CT molecular complexity index is 891. The van der Waals surface area contributed by atoms with E-state index in [4.69, 9.17) is 0 Å². The molecule has 1 atom stereocenters. The molecule has 7 nitrogen and oxygen atoms in total. The Kier molecular flexibility index (Phi) is 4.43. The Labute approximate surface area is 151 Å². The molecule has 0 bridgehead atoms. The van der Waals surface area contributed by atoms with Crippen LogP contribution in [-0.4, -0.2) is 48.4 Å². The Morgan fingerprint density at radius 1 is 1.19 bits per heavy atom. The van der Waals surface area contributed by atoms with Crippen molar-refractivity contribution in [2.24, 2.45) is 0 Å². The molecule has 0 radical (unpaired) electrons. The lowest BCUT2D eigenvalue weighted by atomic mass is 9.94. The summed E-state index contributed by atoms with van der Waals surface area (Å²) in [5, 5.41) is 0. The van der Waals surface area contributed by atoms with E-state index in [2.05, 4.69) is 19.9 Å². The van der Waals surface area contributed by atoms with Crippen LogP contribution in [-0.2, 0) is 0 Å². The molecule has 26 heavy (non-hydrogen) atoms. The van der Waals surface area contributed by atoms with Crippen LogP contribution in [0.25, 0.3) is 5.82 Å². The van der Waals surface area contributed by atoms with Crippen LogP contribution in [0.3, 0.4) is 0 Å². The van der Waals surface area contributed by atoms with Crippen molar-refractivity contribution in [3.8, 4) is 5.82 Å². The molecule has 0 aromatic carbocycles. The lowest BCUT2D eigenvalue weighted by Gasteiger charge is -2.32. The van der Waals surface area contributed by atoms with Gasteiger partial charge in [0.25, 0.3) is 5.91 Å². The van der Waals surface area contributed by atoms with E-state index in [0.717, 1.165) is 36.6 Å². The van der Waals surface area contributed by atoms with Crippen LogP contribution in [0, 0.1) is 6.92 Å². The third-order valence-corrected chi connectivity index (χ3v) is 4.66. The zero-order valence-electron chi connectivity index (χ0n) is 14.6. The minimum Gasteiger partial charge on any atom is -0.338 e. The van der Waals surface area contributed by atoms with Gasteiger partial charge < -0.3 is 4.90 Å². The molecule has 0 saturated carbocycles. The van der Waals surface area contributed by atoms with Crippen LogP contribution in [0.15, 0.2) is 49.4 Å². The maximum Gasteiger partial charge on any atom is 0.255 e. The third-order valence-electron chi connectivity index (χ3n) is 4.66. The SMILES string of the molecule is Cc1cncc(C2CCCN(C(=O)c3ccc(-n4ccnc4)nc3)C2)n1. The van der Waals surface area contributed by atoms with E-state index in [-0.39, 0.29) is 11.8 Å². The summed E-state index contributed by atoms with van der Waals surface area (Å²) in [6, 6.07) is 3.66. The second-order valence-corrected chi connectivity index (χ2v) is 6.55. The topological polar surface area (TPSA) is 76.8 Å². The summed E-state index contributed by atoms with van der Waals surface area (Å²) in [6.45, 7) is 3.37. The van der Waals surface area contributed by atoms with Gasteiger partial charge in [0.05, 0.1) is 17.0 Å². The molecular weight excluding hydrogens is 328 g/mol. The lowest BCUT2D eigenvalue weighted by molar-refractivity contribution is 0.0705. The van der Waals surface area contributed by atoms with E-state index in [1.807, 2.05) is 40.9 Å². The van der Waals surface area contributed by atoms with Crippen molar-refractivity contribution >= 4 is 5.91 Å². The highest BCUT2D eigenvalue weighted by Crippen LogP contribution is 2.26. The lowest BCUT2D eigenvalue weighted by Crippen LogP contribution is -2.39. The van der Waals surface area contributed by atoms with Crippen molar-refractivity contribution in [3.63, 3.8) is 0 Å². The molecule has 4 rings (SSSR count). The largest absolute Gasteiger partial charge is 0.338 e. The highest BCUT2D eigenvalue weighted by molar-refractivity contribution is 5.94. The maximum absolute atomic E-state index is 12.9. The van der Waals surface area contributed by atoms with Gasteiger partial charge in [-0.25, -0.2) is 9.97 Å². The number of nitrogens with zero attached hydrogens (tertiary/aromatic N) is 6. The molecule has 0 N–H and O–H groups in total. The quantitative estimate of drug-likeness (QED) is 0.726. The number of pyridine rings is 1. The molecule has 1 aliphatic rings. The Hall–Kier alpha value is -3.09. The number of amides is 1. The van der Waals surface area contributed by atoms with Gasteiger partial charge in [0, 0.05) is 50.0 Å². The van der Waals surface area contributed by atoms with Crippen LogP contribution in [0.4, 0.5) is 0 Å². The second-order valence-electron chi connectivity index (χ2n) is 6.55. The average molecular weight is 348 g/mol. The number of carbonyl (C=O) groups excluding carboxylic acids is 1. The van der Waals surface area contributed by atoms with Crippen molar-refractivity contribution < 1.29 is 4.79 Å². The number of rotatable bonds is 3. The van der Waals surface area contributed by atoms with Crippen molar-refractivity contribution in [1.29, 1.82) is 0 Å². The summed E-state index contributed by atoms with van der Waals surface area (Å²) in [5.74, 6) is 0.990. The highest BCUT2D eigenvalue weighted by atomic mass is 16.2. The van der Waals surface area contributed by atoms with Gasteiger partial charge in [0.1, 0.15) is 12.1 Å². The summed E-state index contributed by atoms with van der Waals surface area (Å²) in [7, 11) is 0. The number of carbonyl (C=O) groups is 1. The Balaban J connectivity index is 1.49. The first-order valence-electron chi connectivity index (χ1n) is 8.73. The van der Waals surface area contributed by atoms with Crippen molar-refractivity contribution in [3.05, 3.63) is 66.4 Å². The fraction of sp³-hybridized carbons (Fsp3) is 0.316. The maximum atomic E-state index is 12.9. The zero-order valence-corrected chi connectivity index (χ0v) is 14.6. The molecule has 3 aromatic heterocycles. The average Bonchev–Trinajstić information content (AvgIpc) is 3.22. The molecule has 7 heteroatoms. The molecule has 3 aromatic rings. The normalized spacial score (nSPS) is 17.3. The molecule has 0 spiro atoms. The number of piperidine rings is 1. The van der Waals surface area contributed by atoms with Crippen molar-refractivity contribution in [2.75, 3.05) is 13.1 Å². The van der Waals surface area contributed by atoms with E-state index >= 15 is 0 Å². The molecular formula is C19H20N6O. The van der Waals surface area contributed by atoms with Crippen LogP contribution in [0.2, 0.25) is 0 Å². The summed E-state index contributed by atoms with van der Waals surface area (Å²) in [5.41, 5.74) is 2.48. The first-order valence-corrected chi connectivity index (χ1v) is 8.73. The smallest absolute Gasteiger partial charge is 0.255 e.